The lowest BCUT2D eigenvalue weighted by Gasteiger charge is -2.03. The second-order valence-electron chi connectivity index (χ2n) is 6.65. The molecule has 0 aliphatic carbocycles. The van der Waals surface area contributed by atoms with Crippen molar-refractivity contribution in [2.24, 2.45) is 0 Å². The number of fused-ring (bicyclic) bond motifs is 1. The SMILES string of the molecule is O=C(NCc1cn(-c2ccncc2)nn1)c1ccc2noc(-c3ccccc3)c2c1. The minimum absolute atomic E-state index is 0.212. The van der Waals surface area contributed by atoms with E-state index >= 15 is 0 Å². The van der Waals surface area contributed by atoms with E-state index in [1.165, 1.54) is 0 Å². The highest BCUT2D eigenvalue weighted by molar-refractivity contribution is 6.00. The molecule has 0 bridgehead atoms. The van der Waals surface area contributed by atoms with Crippen LogP contribution in [0.2, 0.25) is 0 Å². The minimum atomic E-state index is -0.212. The lowest BCUT2D eigenvalue weighted by molar-refractivity contribution is 0.0950. The van der Waals surface area contributed by atoms with Crippen LogP contribution in [0, 0.1) is 0 Å². The van der Waals surface area contributed by atoms with Crippen LogP contribution in [0.1, 0.15) is 16.1 Å². The van der Waals surface area contributed by atoms with Gasteiger partial charge in [-0.1, -0.05) is 40.7 Å². The van der Waals surface area contributed by atoms with Gasteiger partial charge in [-0.15, -0.1) is 5.10 Å². The highest BCUT2D eigenvalue weighted by atomic mass is 16.5. The number of hydrogen-bond donors (Lipinski definition) is 1. The van der Waals surface area contributed by atoms with Crippen molar-refractivity contribution in [1.82, 2.24) is 30.5 Å². The molecule has 0 atom stereocenters. The molecule has 146 valence electrons. The second-order valence-corrected chi connectivity index (χ2v) is 6.65. The Morgan fingerprint density at radius 1 is 1.03 bits per heavy atom. The Bertz CT molecular complexity index is 1310. The van der Waals surface area contributed by atoms with E-state index in [4.69, 9.17) is 4.52 Å². The fraction of sp³-hybridized carbons (Fsp3) is 0.0455. The quantitative estimate of drug-likeness (QED) is 0.489. The molecule has 3 aromatic heterocycles. The molecule has 5 aromatic rings. The predicted molar refractivity (Wildman–Crippen MR) is 110 cm³/mol. The summed E-state index contributed by atoms with van der Waals surface area (Å²) in [6.07, 6.45) is 5.14. The molecule has 1 N–H and O–H groups in total. The summed E-state index contributed by atoms with van der Waals surface area (Å²) in [6.45, 7) is 0.261. The van der Waals surface area contributed by atoms with Gasteiger partial charge in [0.25, 0.3) is 5.91 Å². The summed E-state index contributed by atoms with van der Waals surface area (Å²) in [6, 6.07) is 18.6. The van der Waals surface area contributed by atoms with Gasteiger partial charge in [-0.3, -0.25) is 9.78 Å². The molecule has 0 fully saturated rings. The number of nitrogens with zero attached hydrogens (tertiary/aromatic N) is 5. The van der Waals surface area contributed by atoms with Gasteiger partial charge in [-0.2, -0.15) is 0 Å². The standard InChI is InChI=1S/C22H16N6O2/c29-22(24-13-17-14-28(27-25-17)18-8-10-23-11-9-18)16-6-7-20-19(12-16)21(30-26-20)15-4-2-1-3-5-15/h1-12,14H,13H2,(H,24,29). The maximum absolute atomic E-state index is 12.7. The van der Waals surface area contributed by atoms with Gasteiger partial charge in [0.1, 0.15) is 11.2 Å². The van der Waals surface area contributed by atoms with Gasteiger partial charge < -0.3 is 9.84 Å². The molecule has 1 amide bonds. The van der Waals surface area contributed by atoms with Gasteiger partial charge in [0, 0.05) is 23.5 Å². The van der Waals surface area contributed by atoms with Crippen LogP contribution >= 0.6 is 0 Å². The zero-order chi connectivity index (χ0) is 20.3. The Hall–Kier alpha value is -4.33. The van der Waals surface area contributed by atoms with Gasteiger partial charge in [0.2, 0.25) is 0 Å². The molecule has 0 saturated carbocycles. The number of rotatable bonds is 5. The molecule has 8 heteroatoms. The second kappa shape index (κ2) is 7.59. The number of nitrogens with one attached hydrogen (secondary N) is 1. The highest BCUT2D eigenvalue weighted by Gasteiger charge is 2.14. The highest BCUT2D eigenvalue weighted by Crippen LogP contribution is 2.29. The number of benzene rings is 2. The van der Waals surface area contributed by atoms with Crippen LogP contribution in [-0.2, 0) is 6.54 Å². The van der Waals surface area contributed by atoms with E-state index in [1.54, 1.807) is 41.5 Å². The predicted octanol–water partition coefficient (Wildman–Crippen LogP) is 3.40. The van der Waals surface area contributed by atoms with E-state index in [0.717, 1.165) is 16.6 Å². The third-order valence-corrected chi connectivity index (χ3v) is 4.67. The summed E-state index contributed by atoms with van der Waals surface area (Å²) in [5.41, 5.74) is 3.62. The van der Waals surface area contributed by atoms with Crippen molar-refractivity contribution in [2.45, 2.75) is 6.54 Å². The molecule has 0 aliphatic heterocycles. The maximum atomic E-state index is 12.7. The fourth-order valence-corrected chi connectivity index (χ4v) is 3.16. The van der Waals surface area contributed by atoms with Gasteiger partial charge in [-0.25, -0.2) is 4.68 Å². The average molecular weight is 396 g/mol. The smallest absolute Gasteiger partial charge is 0.251 e. The number of carbonyl (C=O) groups excluding carboxylic acids is 1. The maximum Gasteiger partial charge on any atom is 0.251 e. The van der Waals surface area contributed by atoms with Crippen molar-refractivity contribution in [3.63, 3.8) is 0 Å². The third kappa shape index (κ3) is 3.42. The lowest BCUT2D eigenvalue weighted by atomic mass is 10.1. The van der Waals surface area contributed by atoms with Crippen LogP contribution < -0.4 is 5.32 Å². The Morgan fingerprint density at radius 2 is 1.87 bits per heavy atom. The average Bonchev–Trinajstić information content (AvgIpc) is 3.45. The molecule has 30 heavy (non-hydrogen) atoms. The van der Waals surface area contributed by atoms with Crippen LogP contribution in [0.5, 0.6) is 0 Å². The first kappa shape index (κ1) is 17.7. The molecular formula is C22H16N6O2. The van der Waals surface area contributed by atoms with E-state index in [-0.39, 0.29) is 12.5 Å². The topological polar surface area (TPSA) is 98.7 Å². The first-order chi connectivity index (χ1) is 14.8. The zero-order valence-electron chi connectivity index (χ0n) is 15.8. The molecule has 8 nitrogen and oxygen atoms in total. The largest absolute Gasteiger partial charge is 0.355 e. The Labute approximate surface area is 171 Å². The van der Waals surface area contributed by atoms with Crippen LogP contribution in [0.25, 0.3) is 27.9 Å². The molecular weight excluding hydrogens is 380 g/mol. The number of hydrogen-bond acceptors (Lipinski definition) is 6. The van der Waals surface area contributed by atoms with Crippen molar-refractivity contribution in [3.8, 4) is 17.0 Å². The number of aromatic nitrogens is 5. The van der Waals surface area contributed by atoms with Crippen LogP contribution in [-0.4, -0.2) is 31.0 Å². The van der Waals surface area contributed by atoms with Crippen molar-refractivity contribution in [3.05, 3.63) is 90.5 Å². The Morgan fingerprint density at radius 3 is 2.70 bits per heavy atom. The molecule has 2 aromatic carbocycles. The molecule has 3 heterocycles. The summed E-state index contributed by atoms with van der Waals surface area (Å²) in [5, 5.41) is 15.9. The van der Waals surface area contributed by atoms with Crippen molar-refractivity contribution in [2.75, 3.05) is 0 Å². The molecule has 0 saturated heterocycles. The van der Waals surface area contributed by atoms with Gasteiger partial charge in [0.15, 0.2) is 5.76 Å². The van der Waals surface area contributed by atoms with Gasteiger partial charge in [0.05, 0.1) is 23.8 Å². The third-order valence-electron chi connectivity index (χ3n) is 4.67. The monoisotopic (exact) mass is 396 g/mol. The van der Waals surface area contributed by atoms with Gasteiger partial charge in [-0.05, 0) is 30.3 Å². The molecule has 5 rings (SSSR count). The van der Waals surface area contributed by atoms with Crippen molar-refractivity contribution in [1.29, 1.82) is 0 Å². The van der Waals surface area contributed by atoms with Crippen LogP contribution in [0.15, 0.2) is 83.8 Å². The first-order valence-electron chi connectivity index (χ1n) is 9.32. The van der Waals surface area contributed by atoms with E-state index in [9.17, 15) is 4.79 Å². The summed E-state index contributed by atoms with van der Waals surface area (Å²) in [4.78, 5) is 16.7. The van der Waals surface area contributed by atoms with Crippen LogP contribution in [0.3, 0.4) is 0 Å². The Kier molecular flexibility index (Phi) is 4.49. The van der Waals surface area contributed by atoms with E-state index in [0.29, 0.717) is 22.5 Å². The minimum Gasteiger partial charge on any atom is -0.355 e. The Balaban J connectivity index is 1.34. The molecule has 0 radical (unpaired) electrons. The first-order valence-corrected chi connectivity index (χ1v) is 9.32. The van der Waals surface area contributed by atoms with Crippen LogP contribution in [0.4, 0.5) is 0 Å². The number of carbonyl (C=O) groups is 1. The summed E-state index contributed by atoms with van der Waals surface area (Å²) < 4.78 is 7.14. The summed E-state index contributed by atoms with van der Waals surface area (Å²) >= 11 is 0. The molecule has 0 spiro atoms. The molecule has 0 aliphatic rings. The zero-order valence-corrected chi connectivity index (χ0v) is 15.8. The van der Waals surface area contributed by atoms with E-state index < -0.39 is 0 Å². The number of amides is 1. The van der Waals surface area contributed by atoms with Crippen molar-refractivity contribution >= 4 is 16.8 Å². The number of pyridine rings is 1. The van der Waals surface area contributed by atoms with E-state index in [2.05, 4.69) is 25.8 Å². The summed E-state index contributed by atoms with van der Waals surface area (Å²) in [7, 11) is 0. The molecule has 0 unspecified atom stereocenters. The van der Waals surface area contributed by atoms with Gasteiger partial charge >= 0.3 is 0 Å². The van der Waals surface area contributed by atoms with Crippen molar-refractivity contribution < 1.29 is 9.32 Å². The lowest BCUT2D eigenvalue weighted by Crippen LogP contribution is -2.22. The summed E-state index contributed by atoms with van der Waals surface area (Å²) in [5.74, 6) is 0.427. The fourth-order valence-electron chi connectivity index (χ4n) is 3.16. The normalized spacial score (nSPS) is 10.9. The van der Waals surface area contributed by atoms with E-state index in [1.807, 2.05) is 42.5 Å².